The van der Waals surface area contributed by atoms with Crippen LogP contribution >= 0.6 is 0 Å². The van der Waals surface area contributed by atoms with E-state index in [1.807, 2.05) is 43.3 Å². The van der Waals surface area contributed by atoms with Crippen LogP contribution < -0.4 is 5.32 Å². The van der Waals surface area contributed by atoms with E-state index in [-0.39, 0.29) is 5.91 Å². The molecule has 5 heteroatoms. The number of aliphatic carboxylic acids is 1. The van der Waals surface area contributed by atoms with Gasteiger partial charge in [0, 0.05) is 32.1 Å². The number of amides is 1. The Kier molecular flexibility index (Phi) is 5.61. The van der Waals surface area contributed by atoms with E-state index < -0.39 is 11.5 Å². The molecule has 1 aliphatic carbocycles. The Morgan fingerprint density at radius 3 is 2.37 bits per heavy atom. The van der Waals surface area contributed by atoms with Crippen molar-refractivity contribution >= 4 is 11.9 Å². The van der Waals surface area contributed by atoms with Gasteiger partial charge < -0.3 is 15.2 Å². The summed E-state index contributed by atoms with van der Waals surface area (Å²) < 4.78 is 5.12. The van der Waals surface area contributed by atoms with Crippen LogP contribution in [0.4, 0.5) is 0 Å². The van der Waals surface area contributed by atoms with E-state index >= 15 is 0 Å². The highest BCUT2D eigenvalue weighted by Crippen LogP contribution is 2.31. The van der Waals surface area contributed by atoms with Gasteiger partial charge in [0.25, 0.3) is 5.91 Å². The molecular weight excluding hydrogens is 342 g/mol. The van der Waals surface area contributed by atoms with Crippen molar-refractivity contribution in [3.8, 4) is 0 Å². The Morgan fingerprint density at radius 1 is 1.11 bits per heavy atom. The molecule has 0 aliphatic heterocycles. The number of aryl methyl sites for hydroxylation is 1. The molecule has 0 heterocycles. The molecule has 2 N–H and O–H groups in total. The highest BCUT2D eigenvalue weighted by Gasteiger charge is 2.45. The van der Waals surface area contributed by atoms with Crippen molar-refractivity contribution in [3.05, 3.63) is 70.3 Å². The molecule has 0 spiro atoms. The average Bonchev–Trinajstić information content (AvgIpc) is 3.02. The van der Waals surface area contributed by atoms with Crippen LogP contribution in [0.2, 0.25) is 0 Å². The predicted octanol–water partition coefficient (Wildman–Crippen LogP) is 2.93. The minimum atomic E-state index is -1.30. The van der Waals surface area contributed by atoms with Crippen molar-refractivity contribution in [1.82, 2.24) is 5.32 Å². The lowest BCUT2D eigenvalue weighted by Gasteiger charge is -2.26. The molecular formula is C22H25NO4. The lowest BCUT2D eigenvalue weighted by Crippen LogP contribution is -2.55. The minimum Gasteiger partial charge on any atom is -0.479 e. The fourth-order valence-corrected chi connectivity index (χ4v) is 3.83. The number of hydrogen-bond donors (Lipinski definition) is 2. The van der Waals surface area contributed by atoms with Crippen LogP contribution in [0.5, 0.6) is 0 Å². The number of carbonyl (C=O) groups is 2. The average molecular weight is 367 g/mol. The number of rotatable bonds is 7. The van der Waals surface area contributed by atoms with Crippen LogP contribution in [0.25, 0.3) is 0 Å². The van der Waals surface area contributed by atoms with Gasteiger partial charge in [-0.2, -0.15) is 0 Å². The molecule has 0 saturated carbocycles. The molecule has 0 radical (unpaired) electrons. The number of carbonyl (C=O) groups excluding carboxylic acids is 1. The van der Waals surface area contributed by atoms with Crippen molar-refractivity contribution in [1.29, 1.82) is 0 Å². The molecule has 5 nitrogen and oxygen atoms in total. The second kappa shape index (κ2) is 7.92. The SMILES string of the molecule is COCCCc1c(C)cccc1C(=O)NC1(C(=O)O)Cc2ccccc2C1. The van der Waals surface area contributed by atoms with E-state index in [0.717, 1.165) is 28.7 Å². The Morgan fingerprint density at radius 2 is 1.78 bits per heavy atom. The van der Waals surface area contributed by atoms with Crippen LogP contribution in [0.3, 0.4) is 0 Å². The monoisotopic (exact) mass is 367 g/mol. The molecule has 1 amide bonds. The number of fused-ring (bicyclic) bond motifs is 1. The Balaban J connectivity index is 1.86. The van der Waals surface area contributed by atoms with Gasteiger partial charge in [-0.3, -0.25) is 4.79 Å². The first-order chi connectivity index (χ1) is 13.0. The third-order valence-corrected chi connectivity index (χ3v) is 5.30. The number of carboxylic acid groups (broad SMARTS) is 1. The first kappa shape index (κ1) is 19.1. The van der Waals surface area contributed by atoms with E-state index in [0.29, 0.717) is 31.4 Å². The zero-order valence-electron chi connectivity index (χ0n) is 15.7. The van der Waals surface area contributed by atoms with E-state index in [9.17, 15) is 14.7 Å². The maximum absolute atomic E-state index is 13.1. The summed E-state index contributed by atoms with van der Waals surface area (Å²) in [6.07, 6.45) is 2.12. The third-order valence-electron chi connectivity index (χ3n) is 5.30. The van der Waals surface area contributed by atoms with Crippen LogP contribution in [0.1, 0.15) is 39.0 Å². The lowest BCUT2D eigenvalue weighted by atomic mass is 9.93. The predicted molar refractivity (Wildman–Crippen MR) is 103 cm³/mol. The van der Waals surface area contributed by atoms with Gasteiger partial charge in [0.1, 0.15) is 5.54 Å². The van der Waals surface area contributed by atoms with Gasteiger partial charge in [-0.15, -0.1) is 0 Å². The van der Waals surface area contributed by atoms with Crippen molar-refractivity contribution in [2.45, 2.75) is 38.1 Å². The van der Waals surface area contributed by atoms with Crippen molar-refractivity contribution in [2.75, 3.05) is 13.7 Å². The molecule has 2 aromatic carbocycles. The summed E-state index contributed by atoms with van der Waals surface area (Å²) in [5.74, 6) is -1.33. The Bertz CT molecular complexity index is 834. The summed E-state index contributed by atoms with van der Waals surface area (Å²) in [6.45, 7) is 2.58. The van der Waals surface area contributed by atoms with E-state index in [2.05, 4.69) is 5.32 Å². The molecule has 142 valence electrons. The maximum Gasteiger partial charge on any atom is 0.330 e. The summed E-state index contributed by atoms with van der Waals surface area (Å²) in [7, 11) is 1.65. The molecule has 2 aromatic rings. The summed E-state index contributed by atoms with van der Waals surface area (Å²) in [5.41, 5.74) is 3.17. The summed E-state index contributed by atoms with van der Waals surface area (Å²) >= 11 is 0. The maximum atomic E-state index is 13.1. The van der Waals surface area contributed by atoms with Gasteiger partial charge in [0.2, 0.25) is 0 Å². The highest BCUT2D eigenvalue weighted by molar-refractivity contribution is 5.99. The smallest absolute Gasteiger partial charge is 0.330 e. The first-order valence-electron chi connectivity index (χ1n) is 9.17. The first-order valence-corrected chi connectivity index (χ1v) is 9.17. The van der Waals surface area contributed by atoms with E-state index in [1.54, 1.807) is 13.2 Å². The van der Waals surface area contributed by atoms with Crippen molar-refractivity contribution in [2.24, 2.45) is 0 Å². The van der Waals surface area contributed by atoms with E-state index in [1.165, 1.54) is 0 Å². The van der Waals surface area contributed by atoms with Gasteiger partial charge in [-0.1, -0.05) is 36.4 Å². The normalized spacial score (nSPS) is 14.6. The number of nitrogens with one attached hydrogen (secondary N) is 1. The lowest BCUT2D eigenvalue weighted by molar-refractivity contribution is -0.144. The van der Waals surface area contributed by atoms with Crippen LogP contribution in [-0.4, -0.2) is 36.2 Å². The zero-order valence-corrected chi connectivity index (χ0v) is 15.7. The van der Waals surface area contributed by atoms with Crippen LogP contribution in [0.15, 0.2) is 42.5 Å². The van der Waals surface area contributed by atoms with Crippen molar-refractivity contribution in [3.63, 3.8) is 0 Å². The van der Waals surface area contributed by atoms with Crippen LogP contribution in [-0.2, 0) is 28.8 Å². The highest BCUT2D eigenvalue weighted by atomic mass is 16.5. The van der Waals surface area contributed by atoms with E-state index in [4.69, 9.17) is 4.74 Å². The topological polar surface area (TPSA) is 75.6 Å². The molecule has 0 atom stereocenters. The zero-order chi connectivity index (χ0) is 19.4. The standard InChI is InChI=1S/C22H25NO4/c1-15-7-5-10-19(18(15)11-6-12-27-2)20(24)23-22(21(25)26)13-16-8-3-4-9-17(16)14-22/h3-5,7-10H,6,11-14H2,1-2H3,(H,23,24)(H,25,26). The molecule has 3 rings (SSSR count). The summed E-state index contributed by atoms with van der Waals surface area (Å²) in [5, 5.41) is 12.7. The third kappa shape index (κ3) is 3.88. The van der Waals surface area contributed by atoms with Crippen molar-refractivity contribution < 1.29 is 19.4 Å². The number of benzene rings is 2. The van der Waals surface area contributed by atoms with Gasteiger partial charge in [-0.05, 0) is 48.1 Å². The number of carboxylic acids is 1. The van der Waals surface area contributed by atoms with Gasteiger partial charge in [-0.25, -0.2) is 4.79 Å². The molecule has 0 fully saturated rings. The molecule has 27 heavy (non-hydrogen) atoms. The molecule has 0 aromatic heterocycles. The minimum absolute atomic E-state index is 0.301. The quantitative estimate of drug-likeness (QED) is 0.738. The largest absolute Gasteiger partial charge is 0.479 e. The molecule has 0 saturated heterocycles. The van der Waals surface area contributed by atoms with Crippen LogP contribution in [0, 0.1) is 6.92 Å². The molecule has 0 bridgehead atoms. The molecule has 1 aliphatic rings. The van der Waals surface area contributed by atoms with Gasteiger partial charge in [0.05, 0.1) is 0 Å². The second-order valence-corrected chi connectivity index (χ2v) is 7.16. The Labute approximate surface area is 159 Å². The van der Waals surface area contributed by atoms with Gasteiger partial charge >= 0.3 is 5.97 Å². The Hall–Kier alpha value is -2.66. The summed E-state index contributed by atoms with van der Waals surface area (Å²) in [6, 6.07) is 13.2. The number of hydrogen-bond acceptors (Lipinski definition) is 3. The fraction of sp³-hybridized carbons (Fsp3) is 0.364. The fourth-order valence-electron chi connectivity index (χ4n) is 3.83. The van der Waals surface area contributed by atoms with Gasteiger partial charge in [0.15, 0.2) is 0 Å². The molecule has 0 unspecified atom stereocenters. The number of methoxy groups -OCH3 is 1. The summed E-state index contributed by atoms with van der Waals surface area (Å²) in [4.78, 5) is 25.2. The second-order valence-electron chi connectivity index (χ2n) is 7.16. The number of ether oxygens (including phenoxy) is 1.